The molecule has 2 aromatic rings. The van der Waals surface area contributed by atoms with Crippen LogP contribution in [0.3, 0.4) is 0 Å². The topological polar surface area (TPSA) is 75.7 Å². The molecule has 0 bridgehead atoms. The first kappa shape index (κ1) is 11.4. The maximum Gasteiger partial charge on any atom is 0.318 e. The van der Waals surface area contributed by atoms with Crippen molar-refractivity contribution in [3.8, 4) is 6.01 Å². The fraction of sp³-hybridized carbons (Fsp3) is 0.364. The summed E-state index contributed by atoms with van der Waals surface area (Å²) in [5.41, 5.74) is 3.02. The number of H-pyrrole nitrogens is 1. The van der Waals surface area contributed by atoms with Gasteiger partial charge in [0.2, 0.25) is 0 Å². The van der Waals surface area contributed by atoms with Gasteiger partial charge in [-0.15, -0.1) is 0 Å². The average molecular weight is 233 g/mol. The third kappa shape index (κ3) is 2.72. The Morgan fingerprint density at radius 1 is 1.35 bits per heavy atom. The van der Waals surface area contributed by atoms with Gasteiger partial charge in [0.15, 0.2) is 0 Å². The van der Waals surface area contributed by atoms with E-state index in [2.05, 4.69) is 25.5 Å². The van der Waals surface area contributed by atoms with Crippen molar-refractivity contribution in [1.82, 2.24) is 20.2 Å². The minimum absolute atomic E-state index is 0.369. The number of hydrogen-bond acceptors (Lipinski definition) is 5. The Morgan fingerprint density at radius 2 is 2.18 bits per heavy atom. The summed E-state index contributed by atoms with van der Waals surface area (Å²) >= 11 is 0. The van der Waals surface area contributed by atoms with Gasteiger partial charge < -0.3 is 10.1 Å². The molecule has 0 fully saturated rings. The molecule has 0 aliphatic heterocycles. The molecule has 0 saturated heterocycles. The number of aromatic nitrogens is 4. The molecule has 2 heterocycles. The molecule has 0 aliphatic rings. The van der Waals surface area contributed by atoms with Crippen LogP contribution in [0.2, 0.25) is 0 Å². The van der Waals surface area contributed by atoms with Crippen LogP contribution in [0.15, 0.2) is 12.3 Å². The van der Waals surface area contributed by atoms with Gasteiger partial charge in [-0.3, -0.25) is 5.10 Å². The van der Waals surface area contributed by atoms with Crippen LogP contribution in [0.1, 0.15) is 17.0 Å². The Hall–Kier alpha value is -2.11. The standard InChI is InChI=1S/C11H15N5O/c1-7-5-13-16-9(7)6-12-10-4-8(2)14-11(15-10)17-3/h4-5H,6H2,1-3H3,(H,13,16)(H,12,14,15). The summed E-state index contributed by atoms with van der Waals surface area (Å²) in [6.07, 6.45) is 1.79. The van der Waals surface area contributed by atoms with Crippen molar-refractivity contribution in [2.75, 3.05) is 12.4 Å². The summed E-state index contributed by atoms with van der Waals surface area (Å²) < 4.78 is 5.01. The highest BCUT2D eigenvalue weighted by Gasteiger charge is 2.04. The molecule has 0 aliphatic carbocycles. The number of rotatable bonds is 4. The first-order chi connectivity index (χ1) is 8.19. The van der Waals surface area contributed by atoms with Crippen LogP contribution in [0.25, 0.3) is 0 Å². The van der Waals surface area contributed by atoms with Gasteiger partial charge in [0.1, 0.15) is 5.82 Å². The highest BCUT2D eigenvalue weighted by Crippen LogP contribution is 2.12. The van der Waals surface area contributed by atoms with E-state index in [0.717, 1.165) is 22.8 Å². The number of aromatic amines is 1. The molecule has 0 saturated carbocycles. The van der Waals surface area contributed by atoms with E-state index >= 15 is 0 Å². The van der Waals surface area contributed by atoms with Crippen molar-refractivity contribution in [3.05, 3.63) is 29.2 Å². The summed E-state index contributed by atoms with van der Waals surface area (Å²) in [5, 5.41) is 10.1. The van der Waals surface area contributed by atoms with Crippen LogP contribution in [-0.4, -0.2) is 27.3 Å². The van der Waals surface area contributed by atoms with Gasteiger partial charge in [-0.05, 0) is 19.4 Å². The molecule has 2 N–H and O–H groups in total. The monoisotopic (exact) mass is 233 g/mol. The van der Waals surface area contributed by atoms with Crippen molar-refractivity contribution in [2.24, 2.45) is 0 Å². The maximum atomic E-state index is 5.01. The summed E-state index contributed by atoms with van der Waals surface area (Å²) in [7, 11) is 1.55. The Kier molecular flexibility index (Phi) is 3.22. The number of nitrogens with zero attached hydrogens (tertiary/aromatic N) is 3. The van der Waals surface area contributed by atoms with Crippen molar-refractivity contribution in [2.45, 2.75) is 20.4 Å². The Labute approximate surface area is 99.4 Å². The van der Waals surface area contributed by atoms with Crippen LogP contribution < -0.4 is 10.1 Å². The second kappa shape index (κ2) is 4.82. The molecule has 2 rings (SSSR count). The van der Waals surface area contributed by atoms with Crippen LogP contribution in [0, 0.1) is 13.8 Å². The van der Waals surface area contributed by atoms with Gasteiger partial charge in [-0.1, -0.05) is 0 Å². The smallest absolute Gasteiger partial charge is 0.318 e. The van der Waals surface area contributed by atoms with Crippen molar-refractivity contribution in [1.29, 1.82) is 0 Å². The molecule has 0 unspecified atom stereocenters. The minimum Gasteiger partial charge on any atom is -0.467 e. The summed E-state index contributed by atoms with van der Waals surface area (Å²) in [4.78, 5) is 8.32. The van der Waals surface area contributed by atoms with E-state index in [9.17, 15) is 0 Å². The SMILES string of the molecule is COc1nc(C)cc(NCc2[nH]ncc2C)n1. The number of methoxy groups -OCH3 is 1. The highest BCUT2D eigenvalue weighted by molar-refractivity contribution is 5.37. The quantitative estimate of drug-likeness (QED) is 0.835. The summed E-state index contributed by atoms with van der Waals surface area (Å²) in [6, 6.07) is 2.24. The molecular weight excluding hydrogens is 218 g/mol. The Morgan fingerprint density at radius 3 is 2.82 bits per heavy atom. The zero-order valence-electron chi connectivity index (χ0n) is 10.1. The number of aryl methyl sites for hydroxylation is 2. The normalized spacial score (nSPS) is 10.3. The first-order valence-corrected chi connectivity index (χ1v) is 5.31. The van der Waals surface area contributed by atoms with Crippen molar-refractivity contribution >= 4 is 5.82 Å². The van der Waals surface area contributed by atoms with E-state index in [4.69, 9.17) is 4.74 Å². The lowest BCUT2D eigenvalue weighted by Crippen LogP contribution is -2.05. The van der Waals surface area contributed by atoms with Crippen LogP contribution in [-0.2, 0) is 6.54 Å². The van der Waals surface area contributed by atoms with Gasteiger partial charge in [0, 0.05) is 11.8 Å². The lowest BCUT2D eigenvalue weighted by atomic mass is 10.3. The predicted octanol–water partition coefficient (Wildman–Crippen LogP) is 1.44. The van der Waals surface area contributed by atoms with Gasteiger partial charge in [0.05, 0.1) is 25.5 Å². The van der Waals surface area contributed by atoms with E-state index in [1.807, 2.05) is 19.9 Å². The molecular formula is C11H15N5O. The van der Waals surface area contributed by atoms with E-state index in [-0.39, 0.29) is 0 Å². The Bertz CT molecular complexity index is 508. The van der Waals surface area contributed by atoms with Crippen LogP contribution >= 0.6 is 0 Å². The molecule has 0 aromatic carbocycles. The number of nitrogens with one attached hydrogen (secondary N) is 2. The molecule has 2 aromatic heterocycles. The second-order valence-corrected chi connectivity index (χ2v) is 3.77. The molecule has 0 radical (unpaired) electrons. The molecule has 0 atom stereocenters. The summed E-state index contributed by atoms with van der Waals surface area (Å²) in [6.45, 7) is 4.55. The molecule has 6 heteroatoms. The maximum absolute atomic E-state index is 5.01. The molecule has 0 spiro atoms. The van der Waals surface area contributed by atoms with Gasteiger partial charge in [0.25, 0.3) is 0 Å². The highest BCUT2D eigenvalue weighted by atomic mass is 16.5. The number of anilines is 1. The number of hydrogen-bond donors (Lipinski definition) is 2. The fourth-order valence-electron chi connectivity index (χ4n) is 1.45. The van der Waals surface area contributed by atoms with E-state index in [1.165, 1.54) is 0 Å². The zero-order valence-corrected chi connectivity index (χ0v) is 10.1. The molecule has 17 heavy (non-hydrogen) atoms. The van der Waals surface area contributed by atoms with E-state index in [1.54, 1.807) is 13.3 Å². The van der Waals surface area contributed by atoms with Crippen molar-refractivity contribution < 1.29 is 4.74 Å². The van der Waals surface area contributed by atoms with Gasteiger partial charge >= 0.3 is 6.01 Å². The third-order valence-corrected chi connectivity index (χ3v) is 2.40. The molecule has 90 valence electrons. The fourth-order valence-corrected chi connectivity index (χ4v) is 1.45. The minimum atomic E-state index is 0.369. The number of ether oxygens (including phenoxy) is 1. The molecule has 6 nitrogen and oxygen atoms in total. The second-order valence-electron chi connectivity index (χ2n) is 3.77. The predicted molar refractivity (Wildman–Crippen MR) is 64.0 cm³/mol. The van der Waals surface area contributed by atoms with Crippen LogP contribution in [0.5, 0.6) is 6.01 Å². The van der Waals surface area contributed by atoms with Crippen LogP contribution in [0.4, 0.5) is 5.82 Å². The third-order valence-electron chi connectivity index (χ3n) is 2.40. The van der Waals surface area contributed by atoms with Gasteiger partial charge in [-0.2, -0.15) is 10.1 Å². The molecule has 0 amide bonds. The van der Waals surface area contributed by atoms with E-state index in [0.29, 0.717) is 12.6 Å². The zero-order chi connectivity index (χ0) is 12.3. The summed E-state index contributed by atoms with van der Waals surface area (Å²) in [5.74, 6) is 0.739. The van der Waals surface area contributed by atoms with Crippen molar-refractivity contribution in [3.63, 3.8) is 0 Å². The Balaban J connectivity index is 2.09. The lowest BCUT2D eigenvalue weighted by Gasteiger charge is -2.07. The average Bonchev–Trinajstić information content (AvgIpc) is 2.71. The van der Waals surface area contributed by atoms with Gasteiger partial charge in [-0.25, -0.2) is 4.98 Å². The largest absolute Gasteiger partial charge is 0.467 e. The van der Waals surface area contributed by atoms with E-state index < -0.39 is 0 Å². The lowest BCUT2D eigenvalue weighted by molar-refractivity contribution is 0.379. The first-order valence-electron chi connectivity index (χ1n) is 5.31.